The molecule has 0 spiro atoms. The number of aliphatic hydroxyl groups is 6. The third-order valence-corrected chi connectivity index (χ3v) is 6.92. The predicted octanol–water partition coefficient (Wildman–Crippen LogP) is 3.19. The molecule has 0 aromatic rings. The van der Waals surface area contributed by atoms with Crippen molar-refractivity contribution in [1.82, 2.24) is 0 Å². The van der Waals surface area contributed by atoms with E-state index in [0.717, 1.165) is 12.8 Å². The van der Waals surface area contributed by atoms with Crippen LogP contribution < -0.4 is 0 Å². The van der Waals surface area contributed by atoms with Crippen LogP contribution in [0, 0.1) is 10.8 Å². The highest BCUT2D eigenvalue weighted by atomic mass is 17.1. The molecule has 0 heterocycles. The van der Waals surface area contributed by atoms with Gasteiger partial charge in [0, 0.05) is 6.42 Å². The van der Waals surface area contributed by atoms with Crippen molar-refractivity contribution < 1.29 is 50.3 Å². The highest BCUT2D eigenvalue weighted by Gasteiger charge is 2.32. The maximum Gasteiger partial charge on any atom is 0.342 e. The topological polar surface area (TPSA) is 177 Å². The van der Waals surface area contributed by atoms with Crippen molar-refractivity contribution in [3.63, 3.8) is 0 Å². The van der Waals surface area contributed by atoms with Gasteiger partial charge in [-0.3, -0.25) is 0 Å². The molecule has 230 valence electrons. The SMILES string of the molecule is CCCCCCCCCCCCCCCCCC(=O)OO.OCC(CO)(CO)COCC(CO)(CO)CO. The van der Waals surface area contributed by atoms with Gasteiger partial charge in [0.15, 0.2) is 0 Å². The molecule has 10 heteroatoms. The third-order valence-electron chi connectivity index (χ3n) is 6.92. The molecule has 0 amide bonds. The largest absolute Gasteiger partial charge is 0.396 e. The summed E-state index contributed by atoms with van der Waals surface area (Å²) in [6.07, 6.45) is 20.0. The quantitative estimate of drug-likeness (QED) is 0.0477. The van der Waals surface area contributed by atoms with Crippen molar-refractivity contribution in [2.75, 3.05) is 52.9 Å². The zero-order valence-electron chi connectivity index (χ0n) is 23.8. The number of carbonyl (C=O) groups is 1. The molecule has 0 radical (unpaired) electrons. The number of carbonyl (C=O) groups excluding carboxylic acids is 1. The Labute approximate surface area is 229 Å². The monoisotopic (exact) mass is 554 g/mol. The molecule has 0 aliphatic heterocycles. The second-order valence-corrected chi connectivity index (χ2v) is 10.6. The fourth-order valence-electron chi connectivity index (χ4n) is 3.74. The van der Waals surface area contributed by atoms with Crippen molar-refractivity contribution in [3.8, 4) is 0 Å². The number of rotatable bonds is 26. The summed E-state index contributed by atoms with van der Waals surface area (Å²) in [5.41, 5.74) is -2.32. The number of hydrogen-bond donors (Lipinski definition) is 7. The molecule has 0 atom stereocenters. The summed E-state index contributed by atoms with van der Waals surface area (Å²) in [6.45, 7) is -0.738. The zero-order valence-corrected chi connectivity index (χ0v) is 23.8. The van der Waals surface area contributed by atoms with E-state index in [0.29, 0.717) is 6.42 Å². The smallest absolute Gasteiger partial charge is 0.342 e. The lowest BCUT2D eigenvalue weighted by atomic mass is 9.91. The van der Waals surface area contributed by atoms with E-state index in [-0.39, 0.29) is 13.2 Å². The Hall–Kier alpha value is -0.850. The van der Waals surface area contributed by atoms with Gasteiger partial charge < -0.3 is 40.3 Å². The van der Waals surface area contributed by atoms with Gasteiger partial charge in [-0.05, 0) is 6.42 Å². The highest BCUT2D eigenvalue weighted by Crippen LogP contribution is 2.20. The molecule has 0 aromatic heterocycles. The Bertz CT molecular complexity index is 459. The van der Waals surface area contributed by atoms with Crippen LogP contribution >= 0.6 is 0 Å². The maximum atomic E-state index is 10.7. The average Bonchev–Trinajstić information content (AvgIpc) is 2.96. The van der Waals surface area contributed by atoms with Gasteiger partial charge >= 0.3 is 5.97 Å². The second-order valence-electron chi connectivity index (χ2n) is 10.6. The number of ether oxygens (including phenoxy) is 1. The van der Waals surface area contributed by atoms with Gasteiger partial charge in [0.25, 0.3) is 0 Å². The Kier molecular flexibility index (Phi) is 28.7. The summed E-state index contributed by atoms with van der Waals surface area (Å²) in [5.74, 6) is -0.510. The normalized spacial score (nSPS) is 11.8. The lowest BCUT2D eigenvalue weighted by Crippen LogP contribution is -2.43. The van der Waals surface area contributed by atoms with E-state index in [1.165, 1.54) is 83.5 Å². The molecular weight excluding hydrogens is 496 g/mol. The molecule has 0 bridgehead atoms. The Morgan fingerprint density at radius 1 is 0.526 bits per heavy atom. The van der Waals surface area contributed by atoms with Crippen LogP contribution in [0.4, 0.5) is 0 Å². The minimum absolute atomic E-state index is 0.141. The minimum atomic E-state index is -1.16. The summed E-state index contributed by atoms with van der Waals surface area (Å²) in [4.78, 5) is 14.3. The maximum absolute atomic E-state index is 10.7. The molecule has 0 unspecified atom stereocenters. The molecule has 0 aliphatic carbocycles. The molecule has 0 rings (SSSR count). The molecule has 7 N–H and O–H groups in total. The lowest BCUT2D eigenvalue weighted by Gasteiger charge is -2.31. The van der Waals surface area contributed by atoms with Gasteiger partial charge in [-0.25, -0.2) is 4.79 Å². The first-order valence-corrected chi connectivity index (χ1v) is 14.5. The molecule has 0 aromatic carbocycles. The van der Waals surface area contributed by atoms with Gasteiger partial charge in [0.1, 0.15) is 0 Å². The van der Waals surface area contributed by atoms with E-state index in [4.69, 9.17) is 40.6 Å². The van der Waals surface area contributed by atoms with E-state index >= 15 is 0 Å². The molecule has 10 nitrogen and oxygen atoms in total. The van der Waals surface area contributed by atoms with Crippen molar-refractivity contribution in [1.29, 1.82) is 0 Å². The van der Waals surface area contributed by atoms with Crippen molar-refractivity contribution in [2.45, 2.75) is 110 Å². The number of unbranched alkanes of at least 4 members (excludes halogenated alkanes) is 14. The Morgan fingerprint density at radius 2 is 0.816 bits per heavy atom. The highest BCUT2D eigenvalue weighted by molar-refractivity contribution is 5.68. The van der Waals surface area contributed by atoms with E-state index < -0.39 is 56.4 Å². The van der Waals surface area contributed by atoms with Crippen molar-refractivity contribution in [2.24, 2.45) is 10.8 Å². The molecule has 0 aliphatic rings. The predicted molar refractivity (Wildman–Crippen MR) is 146 cm³/mol. The molecule has 0 saturated carbocycles. The van der Waals surface area contributed by atoms with Crippen LogP contribution in [0.1, 0.15) is 110 Å². The lowest BCUT2D eigenvalue weighted by molar-refractivity contribution is -0.234. The summed E-state index contributed by atoms with van der Waals surface area (Å²) < 4.78 is 5.15. The van der Waals surface area contributed by atoms with Crippen LogP contribution in [-0.2, 0) is 14.4 Å². The van der Waals surface area contributed by atoms with E-state index in [1.807, 2.05) is 0 Å². The Morgan fingerprint density at radius 3 is 1.08 bits per heavy atom. The first kappa shape index (κ1) is 39.3. The van der Waals surface area contributed by atoms with Gasteiger partial charge in [-0.2, -0.15) is 5.26 Å². The van der Waals surface area contributed by atoms with Crippen LogP contribution in [-0.4, -0.2) is 94.7 Å². The number of aliphatic hydroxyl groups excluding tert-OH is 6. The van der Waals surface area contributed by atoms with Crippen molar-refractivity contribution >= 4 is 5.97 Å². The van der Waals surface area contributed by atoms with Crippen molar-refractivity contribution in [3.05, 3.63) is 0 Å². The van der Waals surface area contributed by atoms with Gasteiger partial charge in [-0.1, -0.05) is 96.8 Å². The molecule has 0 fully saturated rings. The van der Waals surface area contributed by atoms with Crippen LogP contribution in [0.2, 0.25) is 0 Å². The first-order chi connectivity index (χ1) is 18.4. The average molecular weight is 555 g/mol. The first-order valence-electron chi connectivity index (χ1n) is 14.5. The van der Waals surface area contributed by atoms with Gasteiger partial charge in [-0.15, -0.1) is 0 Å². The summed E-state index contributed by atoms with van der Waals surface area (Å²) >= 11 is 0. The fraction of sp³-hybridized carbons (Fsp3) is 0.964. The zero-order chi connectivity index (χ0) is 29.0. The van der Waals surface area contributed by atoms with Crippen LogP contribution in [0.5, 0.6) is 0 Å². The second kappa shape index (κ2) is 27.7. The van der Waals surface area contributed by atoms with Crippen LogP contribution in [0.15, 0.2) is 0 Å². The number of hydrogen-bond acceptors (Lipinski definition) is 10. The molecular formula is C28H58O10. The van der Waals surface area contributed by atoms with E-state index in [9.17, 15) is 4.79 Å². The van der Waals surface area contributed by atoms with Crippen LogP contribution in [0.3, 0.4) is 0 Å². The minimum Gasteiger partial charge on any atom is -0.396 e. The summed E-state index contributed by atoms with van der Waals surface area (Å²) in [7, 11) is 0. The fourth-order valence-corrected chi connectivity index (χ4v) is 3.74. The summed E-state index contributed by atoms with van der Waals surface area (Å²) in [6, 6.07) is 0. The third kappa shape index (κ3) is 21.0. The standard InChI is InChI=1S/C18H36O3.C10H22O7/c1-2-3-4-5-6-7-8-9-10-11-12-13-14-15-16-17-18(19)21-20;11-1-9(2-12,3-13)7-17-8-10(4-14,5-15)6-16/h20H,2-17H2,1H3;11-16H,1-8H2. The Balaban J connectivity index is 0. The van der Waals surface area contributed by atoms with E-state index in [2.05, 4.69) is 11.8 Å². The van der Waals surface area contributed by atoms with E-state index in [1.54, 1.807) is 0 Å². The summed E-state index contributed by atoms with van der Waals surface area (Å²) in [5, 5.41) is 62.3. The van der Waals surface area contributed by atoms with Crippen LogP contribution in [0.25, 0.3) is 0 Å². The molecule has 0 saturated heterocycles. The molecule has 38 heavy (non-hydrogen) atoms. The van der Waals surface area contributed by atoms with Gasteiger partial charge in [0.05, 0.1) is 63.7 Å². The van der Waals surface area contributed by atoms with Gasteiger partial charge in [0.2, 0.25) is 0 Å².